The van der Waals surface area contributed by atoms with E-state index < -0.39 is 41.9 Å². The second kappa shape index (κ2) is 11.6. The molecule has 1 unspecified atom stereocenters. The van der Waals surface area contributed by atoms with Crippen molar-refractivity contribution in [3.8, 4) is 11.1 Å². The Morgan fingerprint density at radius 1 is 0.789 bits per heavy atom. The van der Waals surface area contributed by atoms with Crippen LogP contribution in [0.3, 0.4) is 0 Å². The number of alkyl carbamates (subject to hydrolysis) is 1. The Hall–Kier alpha value is -4.66. The maximum Gasteiger partial charge on any atom is 0.407 e. The van der Waals surface area contributed by atoms with E-state index in [4.69, 9.17) is 4.74 Å². The first-order chi connectivity index (χ1) is 18.3. The van der Waals surface area contributed by atoms with Crippen LogP contribution in [0.5, 0.6) is 0 Å². The van der Waals surface area contributed by atoms with Gasteiger partial charge in [-0.3, -0.25) is 14.4 Å². The lowest BCUT2D eigenvalue weighted by Gasteiger charge is -2.25. The fraction of sp³-hybridized carbons (Fsp3) is 0.241. The fourth-order valence-corrected chi connectivity index (χ4v) is 4.70. The molecule has 3 atom stereocenters. The van der Waals surface area contributed by atoms with Crippen molar-refractivity contribution in [2.45, 2.75) is 31.3 Å². The molecule has 0 aliphatic heterocycles. The van der Waals surface area contributed by atoms with Crippen LogP contribution >= 0.6 is 0 Å². The van der Waals surface area contributed by atoms with E-state index in [-0.39, 0.29) is 18.9 Å². The molecule has 4 N–H and O–H groups in total. The van der Waals surface area contributed by atoms with Gasteiger partial charge in [0.25, 0.3) is 0 Å². The molecular formula is C29H28N2O7. The normalized spacial score (nSPS) is 14.3. The van der Waals surface area contributed by atoms with Gasteiger partial charge in [0, 0.05) is 5.92 Å². The number of carbonyl (C=O) groups is 4. The van der Waals surface area contributed by atoms with Crippen LogP contribution < -0.4 is 10.6 Å². The van der Waals surface area contributed by atoms with E-state index in [0.717, 1.165) is 22.3 Å². The zero-order valence-electron chi connectivity index (χ0n) is 20.7. The number of rotatable bonds is 10. The predicted octanol–water partition coefficient (Wildman–Crippen LogP) is 3.43. The molecule has 4 rings (SSSR count). The molecule has 1 aliphatic carbocycles. The van der Waals surface area contributed by atoms with Gasteiger partial charge in [0.05, 0.1) is 5.92 Å². The molecule has 2 amide bonds. The Labute approximate surface area is 219 Å². The van der Waals surface area contributed by atoms with E-state index in [9.17, 15) is 29.4 Å². The lowest BCUT2D eigenvalue weighted by molar-refractivity contribution is -0.146. The molecule has 1 aliphatic rings. The number of carboxylic acids is 2. The summed E-state index contributed by atoms with van der Waals surface area (Å²) in [6, 6.07) is 21.4. The Bertz CT molecular complexity index is 1300. The first kappa shape index (κ1) is 26.4. The van der Waals surface area contributed by atoms with Crippen LogP contribution in [0.2, 0.25) is 0 Å². The highest BCUT2D eigenvalue weighted by atomic mass is 16.5. The molecule has 0 heterocycles. The van der Waals surface area contributed by atoms with Gasteiger partial charge in [-0.15, -0.1) is 0 Å². The molecule has 0 fully saturated rings. The average molecular weight is 517 g/mol. The van der Waals surface area contributed by atoms with Crippen LogP contribution in [0.25, 0.3) is 11.1 Å². The molecule has 0 aromatic heterocycles. The monoisotopic (exact) mass is 516 g/mol. The van der Waals surface area contributed by atoms with Gasteiger partial charge in [-0.25, -0.2) is 4.79 Å². The number of fused-ring (bicyclic) bond motifs is 3. The highest BCUT2D eigenvalue weighted by molar-refractivity contribution is 5.93. The summed E-state index contributed by atoms with van der Waals surface area (Å²) >= 11 is 0. The second-order valence-electron chi connectivity index (χ2n) is 9.15. The van der Waals surface area contributed by atoms with E-state index in [2.05, 4.69) is 10.6 Å². The van der Waals surface area contributed by atoms with Gasteiger partial charge in [-0.2, -0.15) is 0 Å². The van der Waals surface area contributed by atoms with Crippen molar-refractivity contribution < 1.29 is 34.1 Å². The van der Waals surface area contributed by atoms with Gasteiger partial charge in [-0.1, -0.05) is 78.9 Å². The number of amides is 2. The minimum absolute atomic E-state index is 0.0316. The Morgan fingerprint density at radius 3 is 1.89 bits per heavy atom. The van der Waals surface area contributed by atoms with Gasteiger partial charge in [0.15, 0.2) is 0 Å². The van der Waals surface area contributed by atoms with E-state index in [0.29, 0.717) is 5.56 Å². The smallest absolute Gasteiger partial charge is 0.407 e. The van der Waals surface area contributed by atoms with Crippen molar-refractivity contribution in [3.05, 3.63) is 95.6 Å². The Balaban J connectivity index is 1.53. The number of benzene rings is 3. The minimum Gasteiger partial charge on any atom is -0.481 e. The predicted molar refractivity (Wildman–Crippen MR) is 139 cm³/mol. The third-order valence-electron chi connectivity index (χ3n) is 6.65. The molecule has 0 radical (unpaired) electrons. The highest BCUT2D eigenvalue weighted by Gasteiger charge is 2.37. The average Bonchev–Trinajstić information content (AvgIpc) is 3.23. The molecule has 0 bridgehead atoms. The van der Waals surface area contributed by atoms with Crippen LogP contribution in [0.1, 0.15) is 29.5 Å². The number of carboxylic acid groups (broad SMARTS) is 2. The van der Waals surface area contributed by atoms with Crippen molar-refractivity contribution in [3.63, 3.8) is 0 Å². The Kier molecular flexibility index (Phi) is 8.06. The van der Waals surface area contributed by atoms with Gasteiger partial charge < -0.3 is 25.6 Å². The largest absolute Gasteiger partial charge is 0.481 e. The summed E-state index contributed by atoms with van der Waals surface area (Å²) in [6.45, 7) is 1.22. The number of hydrogen-bond acceptors (Lipinski definition) is 5. The topological polar surface area (TPSA) is 142 Å². The van der Waals surface area contributed by atoms with Crippen molar-refractivity contribution in [2.24, 2.45) is 5.92 Å². The van der Waals surface area contributed by atoms with Crippen molar-refractivity contribution in [2.75, 3.05) is 6.61 Å². The summed E-state index contributed by atoms with van der Waals surface area (Å²) in [7, 11) is 0. The van der Waals surface area contributed by atoms with Crippen LogP contribution in [0.15, 0.2) is 78.9 Å². The van der Waals surface area contributed by atoms with Crippen LogP contribution in [-0.4, -0.2) is 52.8 Å². The summed E-state index contributed by atoms with van der Waals surface area (Å²) in [5.41, 5.74) is 4.73. The molecule has 9 heteroatoms. The highest BCUT2D eigenvalue weighted by Crippen LogP contribution is 2.44. The second-order valence-corrected chi connectivity index (χ2v) is 9.15. The summed E-state index contributed by atoms with van der Waals surface area (Å²) in [5.74, 6) is -5.16. The van der Waals surface area contributed by atoms with Gasteiger partial charge in [0.1, 0.15) is 18.7 Å². The molecule has 9 nitrogen and oxygen atoms in total. The summed E-state index contributed by atoms with van der Waals surface area (Å²) in [4.78, 5) is 49.4. The van der Waals surface area contributed by atoms with E-state index in [1.807, 2.05) is 48.5 Å². The molecule has 38 heavy (non-hydrogen) atoms. The van der Waals surface area contributed by atoms with E-state index in [1.54, 1.807) is 30.3 Å². The lowest BCUT2D eigenvalue weighted by Crippen LogP contribution is -2.56. The van der Waals surface area contributed by atoms with E-state index in [1.165, 1.54) is 6.92 Å². The van der Waals surface area contributed by atoms with Crippen molar-refractivity contribution >= 4 is 23.9 Å². The number of carbonyl (C=O) groups excluding carboxylic acids is 2. The van der Waals surface area contributed by atoms with Gasteiger partial charge in [0.2, 0.25) is 5.91 Å². The molecule has 0 saturated carbocycles. The molecule has 3 aromatic rings. The zero-order valence-corrected chi connectivity index (χ0v) is 20.7. The quantitative estimate of drug-likeness (QED) is 0.323. The van der Waals surface area contributed by atoms with Crippen molar-refractivity contribution in [1.29, 1.82) is 0 Å². The van der Waals surface area contributed by atoms with Crippen molar-refractivity contribution in [1.82, 2.24) is 10.6 Å². The minimum atomic E-state index is -1.58. The fourth-order valence-electron chi connectivity index (χ4n) is 4.70. The maximum absolute atomic E-state index is 13.0. The zero-order chi connectivity index (χ0) is 27.2. The van der Waals surface area contributed by atoms with E-state index >= 15 is 0 Å². The first-order valence-corrected chi connectivity index (χ1v) is 12.2. The van der Waals surface area contributed by atoms with Gasteiger partial charge >= 0.3 is 18.0 Å². The maximum atomic E-state index is 13.0. The number of hydrogen-bond donors (Lipinski definition) is 4. The van der Waals surface area contributed by atoms with Crippen LogP contribution in [-0.2, 0) is 25.5 Å². The molecule has 196 valence electrons. The number of ether oxygens (including phenoxy) is 1. The first-order valence-electron chi connectivity index (χ1n) is 12.2. The summed E-state index contributed by atoms with van der Waals surface area (Å²) in [6.07, 6.45) is -1.05. The Morgan fingerprint density at radius 2 is 1.34 bits per heavy atom. The molecular weight excluding hydrogens is 488 g/mol. The van der Waals surface area contributed by atoms with Gasteiger partial charge in [-0.05, 0) is 41.2 Å². The third-order valence-corrected chi connectivity index (χ3v) is 6.65. The summed E-state index contributed by atoms with van der Waals surface area (Å²) in [5, 5.41) is 23.8. The number of nitrogens with one attached hydrogen (secondary N) is 2. The SMILES string of the molecule is C[C@@H](NC(=O)[C@@H](NC(=O)OCC1c2ccccc2-c2ccccc21)C(Cc1ccccc1)C(=O)O)C(=O)O. The molecule has 3 aromatic carbocycles. The molecule has 0 saturated heterocycles. The lowest BCUT2D eigenvalue weighted by atomic mass is 9.91. The molecule has 0 spiro atoms. The third kappa shape index (κ3) is 5.83. The number of aliphatic carboxylic acids is 2. The van der Waals surface area contributed by atoms with Crippen LogP contribution in [0.4, 0.5) is 4.79 Å². The summed E-state index contributed by atoms with van der Waals surface area (Å²) < 4.78 is 5.51. The van der Waals surface area contributed by atoms with Crippen LogP contribution in [0, 0.1) is 5.92 Å². The standard InChI is InChI=1S/C29H28N2O7/c1-17(27(33)34)30-26(32)25(23(28(35)36)15-18-9-3-2-4-10-18)31-29(37)38-16-24-21-13-7-5-11-19(21)20-12-6-8-14-22(20)24/h2-14,17,23-25H,15-16H2,1H3,(H,30,32)(H,31,37)(H,33,34)(H,35,36)/t17-,23?,25+/m1/s1.